The second-order valence-corrected chi connectivity index (χ2v) is 5.13. The highest BCUT2D eigenvalue weighted by atomic mass is 32.2. The van der Waals surface area contributed by atoms with Crippen LogP contribution in [0.1, 0.15) is 6.23 Å². The van der Waals surface area contributed by atoms with Crippen LogP contribution in [0.4, 0.5) is 5.82 Å². The minimum Gasteiger partial charge on any atom is -0.387 e. The second kappa shape index (κ2) is 6.90. The van der Waals surface area contributed by atoms with E-state index >= 15 is 0 Å². The minimum atomic E-state index is -1.24. The quantitative estimate of drug-likeness (QED) is 0.219. The molecular weight excluding hydrogens is 334 g/mol. The SMILES string of the molecule is Nc1ncnc2c1ncn2[C@@H]1O[C@H](COSOOO)[C@H](O)C1O. The Morgan fingerprint density at radius 3 is 2.91 bits per heavy atom. The Kier molecular flexibility index (Phi) is 4.88. The summed E-state index contributed by atoms with van der Waals surface area (Å²) in [6, 6.07) is 0. The summed E-state index contributed by atoms with van der Waals surface area (Å²) in [5.74, 6) is 0.194. The van der Waals surface area contributed by atoms with E-state index in [4.69, 9.17) is 19.9 Å². The number of aliphatic hydroxyl groups excluding tert-OH is 2. The molecule has 12 nitrogen and oxygen atoms in total. The van der Waals surface area contributed by atoms with Crippen LogP contribution in [0, 0.1) is 0 Å². The zero-order valence-corrected chi connectivity index (χ0v) is 12.2. The zero-order valence-electron chi connectivity index (χ0n) is 11.4. The lowest BCUT2D eigenvalue weighted by Crippen LogP contribution is -2.33. The third-order valence-electron chi connectivity index (χ3n) is 3.34. The third kappa shape index (κ3) is 3.08. The van der Waals surface area contributed by atoms with Gasteiger partial charge in [0.2, 0.25) is 0 Å². The molecule has 1 unspecified atom stereocenters. The van der Waals surface area contributed by atoms with Crippen LogP contribution in [0.2, 0.25) is 0 Å². The Labute approximate surface area is 133 Å². The molecule has 1 aliphatic heterocycles. The lowest BCUT2D eigenvalue weighted by Gasteiger charge is -2.16. The Bertz CT molecular complexity index is 672. The normalized spacial score (nSPS) is 27.8. The third-order valence-corrected chi connectivity index (χ3v) is 3.69. The van der Waals surface area contributed by atoms with Gasteiger partial charge in [-0.1, -0.05) is 5.04 Å². The van der Waals surface area contributed by atoms with Crippen molar-refractivity contribution in [2.75, 3.05) is 12.3 Å². The van der Waals surface area contributed by atoms with E-state index in [1.807, 2.05) is 0 Å². The lowest BCUT2D eigenvalue weighted by molar-refractivity contribution is -0.434. The molecule has 0 spiro atoms. The molecule has 0 amide bonds. The van der Waals surface area contributed by atoms with Gasteiger partial charge < -0.3 is 20.7 Å². The van der Waals surface area contributed by atoms with Gasteiger partial charge in [0.05, 0.1) is 12.9 Å². The van der Waals surface area contributed by atoms with Crippen molar-refractivity contribution in [2.24, 2.45) is 0 Å². The first-order valence-corrected chi connectivity index (χ1v) is 7.01. The van der Waals surface area contributed by atoms with E-state index in [1.165, 1.54) is 17.2 Å². The van der Waals surface area contributed by atoms with Crippen molar-refractivity contribution in [3.63, 3.8) is 0 Å². The molecule has 0 aliphatic carbocycles. The van der Waals surface area contributed by atoms with Crippen LogP contribution in [0.25, 0.3) is 11.2 Å². The van der Waals surface area contributed by atoms with E-state index in [0.29, 0.717) is 23.5 Å². The van der Waals surface area contributed by atoms with Crippen molar-refractivity contribution in [1.82, 2.24) is 19.5 Å². The van der Waals surface area contributed by atoms with Crippen molar-refractivity contribution < 1.29 is 33.8 Å². The molecule has 0 bridgehead atoms. The lowest BCUT2D eigenvalue weighted by atomic mass is 10.1. The number of nitrogens with zero attached hydrogens (tertiary/aromatic N) is 4. The number of hydrogen-bond donors (Lipinski definition) is 4. The van der Waals surface area contributed by atoms with Crippen LogP contribution in [0.3, 0.4) is 0 Å². The molecule has 2 aromatic rings. The maximum Gasteiger partial charge on any atom is 0.197 e. The van der Waals surface area contributed by atoms with Gasteiger partial charge in [0.1, 0.15) is 30.2 Å². The highest BCUT2D eigenvalue weighted by molar-refractivity contribution is 7.89. The van der Waals surface area contributed by atoms with Crippen molar-refractivity contribution in [1.29, 1.82) is 0 Å². The smallest absolute Gasteiger partial charge is 0.197 e. The molecule has 4 atom stereocenters. The van der Waals surface area contributed by atoms with Crippen molar-refractivity contribution in [3.05, 3.63) is 12.7 Å². The summed E-state index contributed by atoms with van der Waals surface area (Å²) in [4.78, 5) is 12.0. The highest BCUT2D eigenvalue weighted by Crippen LogP contribution is 2.32. The van der Waals surface area contributed by atoms with E-state index in [1.54, 1.807) is 0 Å². The second-order valence-electron chi connectivity index (χ2n) is 4.62. The molecule has 0 radical (unpaired) electrons. The Balaban J connectivity index is 1.76. The molecule has 5 N–H and O–H groups in total. The van der Waals surface area contributed by atoms with E-state index in [-0.39, 0.29) is 12.4 Å². The fourth-order valence-corrected chi connectivity index (χ4v) is 2.53. The number of aliphatic hydroxyl groups is 2. The fourth-order valence-electron chi connectivity index (χ4n) is 2.28. The number of rotatable bonds is 6. The van der Waals surface area contributed by atoms with Gasteiger partial charge in [-0.15, -0.1) is 4.33 Å². The molecule has 1 aliphatic rings. The summed E-state index contributed by atoms with van der Waals surface area (Å²) in [5, 5.41) is 31.5. The maximum atomic E-state index is 10.2. The van der Waals surface area contributed by atoms with Crippen LogP contribution in [-0.4, -0.2) is 59.9 Å². The fraction of sp³-hybridized carbons (Fsp3) is 0.500. The molecule has 13 heteroatoms. The van der Waals surface area contributed by atoms with Crippen LogP contribution in [0.15, 0.2) is 12.7 Å². The van der Waals surface area contributed by atoms with E-state index in [0.717, 1.165) is 0 Å². The van der Waals surface area contributed by atoms with Gasteiger partial charge in [-0.2, -0.15) is 0 Å². The van der Waals surface area contributed by atoms with Crippen LogP contribution in [0.5, 0.6) is 0 Å². The number of nitrogens with two attached hydrogens (primary N) is 1. The van der Waals surface area contributed by atoms with Gasteiger partial charge >= 0.3 is 0 Å². The Hall–Kier alpha value is -1.58. The number of aromatic nitrogens is 4. The average Bonchev–Trinajstić information content (AvgIpc) is 3.09. The van der Waals surface area contributed by atoms with E-state index in [2.05, 4.69) is 24.3 Å². The molecule has 1 saturated heterocycles. The largest absolute Gasteiger partial charge is 0.387 e. The number of fused-ring (bicyclic) bond motifs is 1. The van der Waals surface area contributed by atoms with Crippen molar-refractivity contribution in [3.8, 4) is 0 Å². The summed E-state index contributed by atoms with van der Waals surface area (Å²) in [6.45, 7) is -0.132. The number of hydrogen-bond acceptors (Lipinski definition) is 12. The molecule has 3 rings (SSSR count). The highest BCUT2D eigenvalue weighted by Gasteiger charge is 2.44. The molecule has 1 fully saturated rings. The molecule has 126 valence electrons. The van der Waals surface area contributed by atoms with E-state index in [9.17, 15) is 10.2 Å². The first-order valence-electron chi connectivity index (χ1n) is 6.34. The summed E-state index contributed by atoms with van der Waals surface area (Å²) < 4.78 is 16.0. The number of imidazole rings is 1. The first-order chi connectivity index (χ1) is 11.1. The molecule has 23 heavy (non-hydrogen) atoms. The molecular formula is C10H13N5O7S. The minimum absolute atomic E-state index is 0.132. The molecule has 2 aromatic heterocycles. The predicted molar refractivity (Wildman–Crippen MR) is 74.0 cm³/mol. The standard InChI is InChI=1S/C10H13N5O7S/c11-8-5-9(13-2-12-8)15(3-14-5)10-7(17)6(16)4(20-10)1-19-23-22-21-18/h2-4,6-7,10,16-18H,1H2,(H2,11,12,13)/t4-,6+,7?,10-/m1/s1. The van der Waals surface area contributed by atoms with Gasteiger partial charge in [-0.25, -0.2) is 20.2 Å². The van der Waals surface area contributed by atoms with Crippen molar-refractivity contribution >= 4 is 29.3 Å². The summed E-state index contributed by atoms with van der Waals surface area (Å²) in [7, 11) is 0. The molecule has 0 saturated carbocycles. The average molecular weight is 347 g/mol. The Morgan fingerprint density at radius 2 is 2.13 bits per heavy atom. The first kappa shape index (κ1) is 16.3. The topological polar surface area (TPSA) is 167 Å². The van der Waals surface area contributed by atoms with Gasteiger partial charge in [-0.3, -0.25) is 8.75 Å². The number of anilines is 1. The zero-order chi connectivity index (χ0) is 16.4. The number of ether oxygens (including phenoxy) is 1. The van der Waals surface area contributed by atoms with Gasteiger partial charge in [-0.05, 0) is 0 Å². The number of nitrogen functional groups attached to an aromatic ring is 1. The monoisotopic (exact) mass is 347 g/mol. The van der Waals surface area contributed by atoms with Crippen molar-refractivity contribution in [2.45, 2.75) is 24.5 Å². The van der Waals surface area contributed by atoms with Crippen LogP contribution < -0.4 is 5.73 Å². The molecule has 3 heterocycles. The Morgan fingerprint density at radius 1 is 1.30 bits per heavy atom. The van der Waals surface area contributed by atoms with Crippen LogP contribution >= 0.6 is 12.3 Å². The van der Waals surface area contributed by atoms with Gasteiger partial charge in [0.25, 0.3) is 0 Å². The summed E-state index contributed by atoms with van der Waals surface area (Å²) in [5.41, 5.74) is 6.43. The van der Waals surface area contributed by atoms with Crippen LogP contribution in [-0.2, 0) is 18.3 Å². The van der Waals surface area contributed by atoms with Gasteiger partial charge in [0, 0.05) is 0 Å². The summed E-state index contributed by atoms with van der Waals surface area (Å²) >= 11 is 0.345. The summed E-state index contributed by atoms with van der Waals surface area (Å²) in [6.07, 6.45) is -1.59. The maximum absolute atomic E-state index is 10.2. The van der Waals surface area contributed by atoms with E-state index < -0.39 is 24.5 Å². The predicted octanol–water partition coefficient (Wildman–Crippen LogP) is -0.971. The van der Waals surface area contributed by atoms with Gasteiger partial charge in [0.15, 0.2) is 30.0 Å². The molecule has 0 aromatic carbocycles.